The van der Waals surface area contributed by atoms with Crippen molar-refractivity contribution in [2.24, 2.45) is 0 Å². The third-order valence-corrected chi connectivity index (χ3v) is 4.43. The molecule has 1 aromatic heterocycles. The average molecular weight is 309 g/mol. The van der Waals surface area contributed by atoms with Gasteiger partial charge in [0.05, 0.1) is 15.6 Å². The van der Waals surface area contributed by atoms with Crippen molar-refractivity contribution in [3.05, 3.63) is 55.3 Å². The number of nitrogens with one attached hydrogen (secondary N) is 1. The first-order valence-electron chi connectivity index (χ1n) is 6.48. The summed E-state index contributed by atoms with van der Waals surface area (Å²) in [5.41, 5.74) is 1.21. The maximum Gasteiger partial charge on any atom is 0.274 e. The van der Waals surface area contributed by atoms with Crippen LogP contribution in [0.4, 0.5) is 10.1 Å². The molecule has 112 valence electrons. The lowest BCUT2D eigenvalue weighted by molar-refractivity contribution is -0.385. The first-order chi connectivity index (χ1) is 9.88. The monoisotopic (exact) mass is 309 g/mol. The molecule has 0 fully saturated rings. The summed E-state index contributed by atoms with van der Waals surface area (Å²) in [4.78, 5) is 15.9. The summed E-state index contributed by atoms with van der Waals surface area (Å²) in [6.07, 6.45) is 0. The van der Waals surface area contributed by atoms with Crippen molar-refractivity contribution in [3.8, 4) is 0 Å². The van der Waals surface area contributed by atoms with E-state index < -0.39 is 10.7 Å². The smallest absolute Gasteiger partial charge is 0.274 e. The number of nitro groups is 1. The summed E-state index contributed by atoms with van der Waals surface area (Å²) in [5, 5.41) is 15.1. The number of thiazole rings is 1. The standard InChI is InChI=1S/C14H16FN3O2S/c1-8(14-9(2)17-10(3)21-14)16-7-11-6-12(15)4-5-13(11)18(19)20/h4-6,8,16H,7H2,1-3H3. The second-order valence-electron chi connectivity index (χ2n) is 4.82. The normalized spacial score (nSPS) is 12.4. The minimum Gasteiger partial charge on any atom is -0.305 e. The second-order valence-corrected chi connectivity index (χ2v) is 6.05. The van der Waals surface area contributed by atoms with Gasteiger partial charge in [-0.3, -0.25) is 10.1 Å². The molecule has 21 heavy (non-hydrogen) atoms. The van der Waals surface area contributed by atoms with Crippen LogP contribution in [0.1, 0.15) is 34.1 Å². The molecule has 2 aromatic rings. The molecule has 0 amide bonds. The molecule has 5 nitrogen and oxygen atoms in total. The molecule has 2 rings (SSSR count). The van der Waals surface area contributed by atoms with E-state index in [1.165, 1.54) is 12.1 Å². The van der Waals surface area contributed by atoms with Crippen molar-refractivity contribution in [2.75, 3.05) is 0 Å². The fourth-order valence-electron chi connectivity index (χ4n) is 2.18. The maximum absolute atomic E-state index is 13.3. The third-order valence-electron chi connectivity index (χ3n) is 3.17. The molecule has 0 aliphatic carbocycles. The van der Waals surface area contributed by atoms with E-state index in [-0.39, 0.29) is 18.3 Å². The Balaban J connectivity index is 2.14. The molecule has 0 aliphatic rings. The van der Waals surface area contributed by atoms with E-state index in [0.717, 1.165) is 21.6 Å². The van der Waals surface area contributed by atoms with E-state index in [2.05, 4.69) is 10.3 Å². The van der Waals surface area contributed by atoms with Gasteiger partial charge in [-0.1, -0.05) is 0 Å². The number of rotatable bonds is 5. The molecule has 0 radical (unpaired) electrons. The molecule has 0 aliphatic heterocycles. The summed E-state index contributed by atoms with van der Waals surface area (Å²) < 4.78 is 13.3. The summed E-state index contributed by atoms with van der Waals surface area (Å²) in [6.45, 7) is 6.06. The van der Waals surface area contributed by atoms with Crippen LogP contribution in [0.5, 0.6) is 0 Å². The SMILES string of the molecule is Cc1nc(C)c(C(C)NCc2cc(F)ccc2[N+](=O)[O-])s1. The van der Waals surface area contributed by atoms with Gasteiger partial charge in [-0.05, 0) is 32.9 Å². The number of aryl methyl sites for hydroxylation is 2. The summed E-state index contributed by atoms with van der Waals surface area (Å²) >= 11 is 1.59. The zero-order chi connectivity index (χ0) is 15.6. The third kappa shape index (κ3) is 3.62. The van der Waals surface area contributed by atoms with Gasteiger partial charge in [0.1, 0.15) is 5.82 Å². The second kappa shape index (κ2) is 6.28. The number of halogens is 1. The summed E-state index contributed by atoms with van der Waals surface area (Å²) in [5.74, 6) is -0.477. The van der Waals surface area contributed by atoms with Gasteiger partial charge in [-0.15, -0.1) is 11.3 Å². The van der Waals surface area contributed by atoms with Gasteiger partial charge in [-0.2, -0.15) is 0 Å². The van der Waals surface area contributed by atoms with Crippen molar-refractivity contribution < 1.29 is 9.31 Å². The van der Waals surface area contributed by atoms with Crippen LogP contribution in [0.15, 0.2) is 18.2 Å². The molecule has 1 atom stereocenters. The summed E-state index contributed by atoms with van der Waals surface area (Å²) in [6, 6.07) is 3.49. The highest BCUT2D eigenvalue weighted by Gasteiger charge is 2.17. The van der Waals surface area contributed by atoms with E-state index in [1.54, 1.807) is 11.3 Å². The number of aromatic nitrogens is 1. The van der Waals surface area contributed by atoms with Crippen molar-refractivity contribution in [3.63, 3.8) is 0 Å². The first-order valence-corrected chi connectivity index (χ1v) is 7.30. The molecular formula is C14H16FN3O2S. The average Bonchev–Trinajstić information content (AvgIpc) is 2.74. The predicted octanol–water partition coefficient (Wildman–Crippen LogP) is 3.66. The Morgan fingerprint density at radius 2 is 2.19 bits per heavy atom. The van der Waals surface area contributed by atoms with Crippen LogP contribution in [-0.2, 0) is 6.54 Å². The Labute approximate surface area is 126 Å². The van der Waals surface area contributed by atoms with Crippen LogP contribution in [0, 0.1) is 29.8 Å². The fraction of sp³-hybridized carbons (Fsp3) is 0.357. The summed E-state index contributed by atoms with van der Waals surface area (Å²) in [7, 11) is 0. The lowest BCUT2D eigenvalue weighted by Gasteiger charge is -2.13. The number of hydrogen-bond donors (Lipinski definition) is 1. The van der Waals surface area contributed by atoms with Crippen LogP contribution in [0.3, 0.4) is 0 Å². The molecule has 1 aromatic carbocycles. The van der Waals surface area contributed by atoms with Crippen molar-refractivity contribution in [2.45, 2.75) is 33.4 Å². The van der Waals surface area contributed by atoms with Gasteiger partial charge >= 0.3 is 0 Å². The molecule has 1 N–H and O–H groups in total. The quantitative estimate of drug-likeness (QED) is 0.676. The van der Waals surface area contributed by atoms with E-state index in [9.17, 15) is 14.5 Å². The fourth-order valence-corrected chi connectivity index (χ4v) is 3.13. The van der Waals surface area contributed by atoms with Crippen LogP contribution in [-0.4, -0.2) is 9.91 Å². The Morgan fingerprint density at radius 1 is 1.48 bits per heavy atom. The van der Waals surface area contributed by atoms with E-state index in [0.29, 0.717) is 5.56 Å². The Morgan fingerprint density at radius 3 is 2.76 bits per heavy atom. The highest BCUT2D eigenvalue weighted by atomic mass is 32.1. The largest absolute Gasteiger partial charge is 0.305 e. The lowest BCUT2D eigenvalue weighted by Crippen LogP contribution is -2.18. The molecular weight excluding hydrogens is 293 g/mol. The van der Waals surface area contributed by atoms with Crippen LogP contribution < -0.4 is 5.32 Å². The molecule has 1 unspecified atom stereocenters. The van der Waals surface area contributed by atoms with Gasteiger partial charge in [-0.25, -0.2) is 9.37 Å². The Hall–Kier alpha value is -1.86. The van der Waals surface area contributed by atoms with Crippen molar-refractivity contribution in [1.82, 2.24) is 10.3 Å². The Kier molecular flexibility index (Phi) is 4.64. The number of nitro benzene ring substituents is 1. The zero-order valence-corrected chi connectivity index (χ0v) is 12.8. The maximum atomic E-state index is 13.3. The van der Waals surface area contributed by atoms with Crippen molar-refractivity contribution >= 4 is 17.0 Å². The van der Waals surface area contributed by atoms with Crippen molar-refractivity contribution in [1.29, 1.82) is 0 Å². The molecule has 7 heteroatoms. The van der Waals surface area contributed by atoms with Crippen LogP contribution in [0.25, 0.3) is 0 Å². The van der Waals surface area contributed by atoms with Gasteiger partial charge in [0.25, 0.3) is 5.69 Å². The van der Waals surface area contributed by atoms with E-state index in [4.69, 9.17) is 0 Å². The molecule has 1 heterocycles. The first kappa shape index (κ1) is 15.5. The number of hydrogen-bond acceptors (Lipinski definition) is 5. The van der Waals surface area contributed by atoms with Crippen LogP contribution >= 0.6 is 11.3 Å². The number of benzene rings is 1. The highest BCUT2D eigenvalue weighted by molar-refractivity contribution is 7.11. The molecule has 0 saturated heterocycles. The van der Waals surface area contributed by atoms with Gasteiger partial charge < -0.3 is 5.32 Å². The minimum absolute atomic E-state index is 0.000860. The molecule has 0 spiro atoms. The molecule has 0 saturated carbocycles. The molecule has 0 bridgehead atoms. The highest BCUT2D eigenvalue weighted by Crippen LogP contribution is 2.26. The topological polar surface area (TPSA) is 68.1 Å². The van der Waals surface area contributed by atoms with E-state index >= 15 is 0 Å². The van der Waals surface area contributed by atoms with Gasteiger partial charge in [0, 0.05) is 29.1 Å². The van der Waals surface area contributed by atoms with Gasteiger partial charge in [0.2, 0.25) is 0 Å². The van der Waals surface area contributed by atoms with E-state index in [1.807, 2.05) is 20.8 Å². The zero-order valence-electron chi connectivity index (χ0n) is 12.0. The minimum atomic E-state index is -0.497. The number of nitrogens with zero attached hydrogens (tertiary/aromatic N) is 2. The van der Waals surface area contributed by atoms with Gasteiger partial charge in [0.15, 0.2) is 0 Å². The predicted molar refractivity (Wildman–Crippen MR) is 79.9 cm³/mol. The Bertz CT molecular complexity index is 672. The lowest BCUT2D eigenvalue weighted by atomic mass is 10.1. The van der Waals surface area contributed by atoms with Crippen LogP contribution in [0.2, 0.25) is 0 Å².